The van der Waals surface area contributed by atoms with Gasteiger partial charge in [-0.3, -0.25) is 14.5 Å². The molecule has 0 aromatic carbocycles. The second kappa shape index (κ2) is 14.1. The highest BCUT2D eigenvalue weighted by atomic mass is 16.5. The van der Waals surface area contributed by atoms with E-state index >= 15 is 0 Å². The van der Waals surface area contributed by atoms with Crippen LogP contribution < -0.4 is 0 Å². The van der Waals surface area contributed by atoms with Gasteiger partial charge in [-0.05, 0) is 54.1 Å². The first kappa shape index (κ1) is 26.1. The summed E-state index contributed by atoms with van der Waals surface area (Å²) in [7, 11) is 3.84. The molecule has 0 N–H and O–H groups in total. The van der Waals surface area contributed by atoms with Crippen molar-refractivity contribution in [1.29, 1.82) is 0 Å². The van der Waals surface area contributed by atoms with Crippen LogP contribution in [0.5, 0.6) is 0 Å². The molecule has 0 bridgehead atoms. The van der Waals surface area contributed by atoms with E-state index in [1.54, 1.807) is 6.20 Å². The van der Waals surface area contributed by atoms with Gasteiger partial charge in [0.25, 0.3) is 0 Å². The van der Waals surface area contributed by atoms with Crippen molar-refractivity contribution in [3.63, 3.8) is 0 Å². The van der Waals surface area contributed by atoms with Gasteiger partial charge in [0.1, 0.15) is 0 Å². The second-order valence-corrected chi connectivity index (χ2v) is 8.76. The van der Waals surface area contributed by atoms with Gasteiger partial charge in [-0.15, -0.1) is 0 Å². The predicted octanol–water partition coefficient (Wildman–Crippen LogP) is 2.58. The number of aromatic nitrogens is 2. The Kier molecular flexibility index (Phi) is 12.3. The molecule has 172 valence electrons. The molecular formula is C22H40N4O4. The number of rotatable bonds is 15. The van der Waals surface area contributed by atoms with E-state index in [1.807, 2.05) is 31.5 Å². The smallest absolute Gasteiger partial charge is 0.307 e. The van der Waals surface area contributed by atoms with Crippen molar-refractivity contribution in [3.8, 4) is 0 Å². The number of unbranched alkanes of at least 4 members (excludes halogenated alkanes) is 1. The number of hydrogen-bond donors (Lipinski definition) is 0. The molecular weight excluding hydrogens is 384 g/mol. The standard InChI is InChI=1S/C22H40N4O4/c1-22(2,3)26(13-8-12-25-16-11-23-19-25)15-10-21(28)30-18-7-6-17-29-20(27)9-14-24(4)5/h11,16,19H,6-10,12-15,17-18H2,1-5H3. The lowest BCUT2D eigenvalue weighted by Gasteiger charge is -2.35. The molecule has 0 aliphatic rings. The van der Waals surface area contributed by atoms with E-state index in [2.05, 4.69) is 35.2 Å². The maximum absolute atomic E-state index is 12.1. The SMILES string of the molecule is CN(C)CCC(=O)OCCCCOC(=O)CCN(CCCn1ccnc1)C(C)(C)C. The van der Waals surface area contributed by atoms with Crippen LogP contribution in [0.1, 0.15) is 52.9 Å². The van der Waals surface area contributed by atoms with E-state index in [0.29, 0.717) is 52.0 Å². The predicted molar refractivity (Wildman–Crippen MR) is 117 cm³/mol. The molecule has 1 heterocycles. The summed E-state index contributed by atoms with van der Waals surface area (Å²) >= 11 is 0. The average Bonchev–Trinajstić information content (AvgIpc) is 3.18. The maximum atomic E-state index is 12.1. The highest BCUT2D eigenvalue weighted by Gasteiger charge is 2.21. The van der Waals surface area contributed by atoms with Crippen LogP contribution in [0.25, 0.3) is 0 Å². The third-order valence-corrected chi connectivity index (χ3v) is 4.77. The monoisotopic (exact) mass is 424 g/mol. The van der Waals surface area contributed by atoms with Crippen molar-refractivity contribution >= 4 is 11.9 Å². The molecule has 0 unspecified atom stereocenters. The van der Waals surface area contributed by atoms with Crippen molar-refractivity contribution < 1.29 is 19.1 Å². The Hall–Kier alpha value is -1.93. The Morgan fingerprint density at radius 1 is 0.933 bits per heavy atom. The Morgan fingerprint density at radius 3 is 2.03 bits per heavy atom. The fourth-order valence-electron chi connectivity index (χ4n) is 2.91. The van der Waals surface area contributed by atoms with Gasteiger partial charge in [0, 0.05) is 44.1 Å². The Labute approximate surface area is 181 Å². The number of esters is 2. The van der Waals surface area contributed by atoms with Crippen molar-refractivity contribution in [2.45, 2.75) is 65.0 Å². The van der Waals surface area contributed by atoms with E-state index in [0.717, 1.165) is 19.5 Å². The van der Waals surface area contributed by atoms with Crippen molar-refractivity contribution in [2.75, 3.05) is 46.9 Å². The van der Waals surface area contributed by atoms with Gasteiger partial charge in [-0.25, -0.2) is 4.98 Å². The van der Waals surface area contributed by atoms with Gasteiger partial charge >= 0.3 is 11.9 Å². The molecule has 0 radical (unpaired) electrons. The lowest BCUT2D eigenvalue weighted by atomic mass is 10.1. The van der Waals surface area contributed by atoms with Crippen LogP contribution in [-0.4, -0.2) is 83.8 Å². The van der Waals surface area contributed by atoms with Crippen LogP contribution in [0.2, 0.25) is 0 Å². The first-order chi connectivity index (χ1) is 14.2. The third-order valence-electron chi connectivity index (χ3n) is 4.77. The molecule has 30 heavy (non-hydrogen) atoms. The van der Waals surface area contributed by atoms with E-state index in [1.165, 1.54) is 0 Å². The zero-order chi connectivity index (χ0) is 22.4. The normalized spacial score (nSPS) is 11.8. The van der Waals surface area contributed by atoms with Gasteiger partial charge in [-0.2, -0.15) is 0 Å². The largest absolute Gasteiger partial charge is 0.466 e. The summed E-state index contributed by atoms with van der Waals surface area (Å²) in [6, 6.07) is 0. The number of hydrogen-bond acceptors (Lipinski definition) is 7. The molecule has 1 aromatic heterocycles. The third kappa shape index (κ3) is 12.6. The summed E-state index contributed by atoms with van der Waals surface area (Å²) in [5.74, 6) is -0.363. The van der Waals surface area contributed by atoms with Crippen LogP contribution >= 0.6 is 0 Å². The minimum absolute atomic E-state index is 0.00826. The molecule has 0 amide bonds. The number of carbonyl (C=O) groups is 2. The number of ether oxygens (including phenoxy) is 2. The molecule has 0 spiro atoms. The lowest BCUT2D eigenvalue weighted by molar-refractivity contribution is -0.146. The Bertz CT molecular complexity index is 597. The number of carbonyl (C=O) groups excluding carboxylic acids is 2. The van der Waals surface area contributed by atoms with E-state index < -0.39 is 0 Å². The van der Waals surface area contributed by atoms with Crippen LogP contribution in [0, 0.1) is 0 Å². The Morgan fingerprint density at radius 2 is 1.53 bits per heavy atom. The van der Waals surface area contributed by atoms with Crippen molar-refractivity contribution in [2.24, 2.45) is 0 Å². The average molecular weight is 425 g/mol. The molecule has 0 fully saturated rings. The highest BCUT2D eigenvalue weighted by Crippen LogP contribution is 2.15. The van der Waals surface area contributed by atoms with Gasteiger partial charge in [-0.1, -0.05) is 0 Å². The molecule has 8 heteroatoms. The Balaban J connectivity index is 2.14. The van der Waals surface area contributed by atoms with E-state index in [-0.39, 0.29) is 17.5 Å². The van der Waals surface area contributed by atoms with Crippen molar-refractivity contribution in [3.05, 3.63) is 18.7 Å². The molecule has 0 saturated carbocycles. The summed E-state index contributed by atoms with van der Waals surface area (Å²) < 4.78 is 12.6. The van der Waals surface area contributed by atoms with Gasteiger partial charge in [0.2, 0.25) is 0 Å². The fourth-order valence-corrected chi connectivity index (χ4v) is 2.91. The fraction of sp³-hybridized carbons (Fsp3) is 0.773. The minimum Gasteiger partial charge on any atom is -0.466 e. The second-order valence-electron chi connectivity index (χ2n) is 8.76. The summed E-state index contributed by atoms with van der Waals surface area (Å²) in [4.78, 5) is 31.9. The van der Waals surface area contributed by atoms with E-state index in [9.17, 15) is 9.59 Å². The maximum Gasteiger partial charge on any atom is 0.307 e. The van der Waals surface area contributed by atoms with Crippen LogP contribution in [-0.2, 0) is 25.6 Å². The van der Waals surface area contributed by atoms with Gasteiger partial charge in [0.05, 0.1) is 32.4 Å². The first-order valence-electron chi connectivity index (χ1n) is 10.9. The van der Waals surface area contributed by atoms with Crippen LogP contribution in [0.3, 0.4) is 0 Å². The molecule has 0 atom stereocenters. The highest BCUT2D eigenvalue weighted by molar-refractivity contribution is 5.69. The summed E-state index contributed by atoms with van der Waals surface area (Å²) in [5, 5.41) is 0. The lowest BCUT2D eigenvalue weighted by Crippen LogP contribution is -2.43. The number of aryl methyl sites for hydroxylation is 1. The summed E-state index contributed by atoms with van der Waals surface area (Å²) in [6.45, 7) is 10.4. The topological polar surface area (TPSA) is 76.9 Å². The zero-order valence-corrected chi connectivity index (χ0v) is 19.4. The van der Waals surface area contributed by atoms with Gasteiger partial charge < -0.3 is 18.9 Å². The first-order valence-corrected chi connectivity index (χ1v) is 10.9. The quantitative estimate of drug-likeness (QED) is 0.316. The molecule has 0 aliphatic heterocycles. The number of nitrogens with zero attached hydrogens (tertiary/aromatic N) is 4. The van der Waals surface area contributed by atoms with Crippen LogP contribution in [0.15, 0.2) is 18.7 Å². The van der Waals surface area contributed by atoms with Gasteiger partial charge in [0.15, 0.2) is 0 Å². The van der Waals surface area contributed by atoms with Crippen LogP contribution in [0.4, 0.5) is 0 Å². The van der Waals surface area contributed by atoms with Crippen molar-refractivity contribution in [1.82, 2.24) is 19.4 Å². The summed E-state index contributed by atoms with van der Waals surface area (Å²) in [6.07, 6.45) is 8.73. The molecule has 1 rings (SSSR count). The van der Waals surface area contributed by atoms with E-state index in [4.69, 9.17) is 9.47 Å². The minimum atomic E-state index is -0.184. The zero-order valence-electron chi connectivity index (χ0n) is 19.4. The molecule has 8 nitrogen and oxygen atoms in total. The summed E-state index contributed by atoms with van der Waals surface area (Å²) in [5.41, 5.74) is -0.00826. The number of imidazole rings is 1. The molecule has 0 saturated heterocycles. The molecule has 1 aromatic rings. The molecule has 0 aliphatic carbocycles.